The van der Waals surface area contributed by atoms with Crippen molar-refractivity contribution in [1.82, 2.24) is 14.8 Å². The maximum absolute atomic E-state index is 13.8. The Morgan fingerprint density at radius 2 is 2.22 bits per heavy atom. The zero-order valence-electron chi connectivity index (χ0n) is 9.82. The van der Waals surface area contributed by atoms with Gasteiger partial charge in [-0.2, -0.15) is 10.1 Å². The van der Waals surface area contributed by atoms with Crippen LogP contribution in [-0.4, -0.2) is 21.3 Å². The van der Waals surface area contributed by atoms with Gasteiger partial charge in [-0.15, -0.1) is 0 Å². The highest BCUT2D eigenvalue weighted by atomic mass is 19.1. The Morgan fingerprint density at radius 1 is 1.39 bits per heavy atom. The molecule has 18 heavy (non-hydrogen) atoms. The molecule has 1 N–H and O–H groups in total. The molecule has 1 unspecified atom stereocenters. The Balaban J connectivity index is 2.07. The Kier molecular flexibility index (Phi) is 2.50. The topological polar surface area (TPSA) is 42.7 Å². The second kappa shape index (κ2) is 4.04. The minimum atomic E-state index is -0.569. The van der Waals surface area contributed by atoms with Crippen LogP contribution in [0.5, 0.6) is 0 Å². The fourth-order valence-electron chi connectivity index (χ4n) is 2.27. The van der Waals surface area contributed by atoms with Gasteiger partial charge in [0.2, 0.25) is 5.95 Å². The van der Waals surface area contributed by atoms with Crippen LogP contribution in [0.3, 0.4) is 0 Å². The number of fused-ring (bicyclic) bond motifs is 1. The first kappa shape index (κ1) is 11.1. The van der Waals surface area contributed by atoms with Crippen LogP contribution in [0.4, 0.5) is 14.7 Å². The lowest BCUT2D eigenvalue weighted by Crippen LogP contribution is -2.25. The molecule has 0 spiro atoms. The van der Waals surface area contributed by atoms with Crippen molar-refractivity contribution in [2.24, 2.45) is 0 Å². The largest absolute Gasteiger partial charge is 0.354 e. The number of halogens is 2. The summed E-state index contributed by atoms with van der Waals surface area (Å²) in [7, 11) is 0. The molecule has 0 amide bonds. The summed E-state index contributed by atoms with van der Waals surface area (Å²) < 4.78 is 28.4. The number of aryl methyl sites for hydroxylation is 1. The number of rotatable bonds is 1. The van der Waals surface area contributed by atoms with E-state index in [4.69, 9.17) is 0 Å². The molecule has 2 heterocycles. The second-order valence-corrected chi connectivity index (χ2v) is 4.32. The highest BCUT2D eigenvalue weighted by molar-refractivity contribution is 5.33. The molecule has 4 nitrogen and oxygen atoms in total. The Labute approximate surface area is 103 Å². The zero-order valence-corrected chi connectivity index (χ0v) is 9.82. The van der Waals surface area contributed by atoms with Crippen LogP contribution >= 0.6 is 0 Å². The van der Waals surface area contributed by atoms with E-state index in [9.17, 15) is 8.78 Å². The number of benzene rings is 1. The monoisotopic (exact) mass is 250 g/mol. The first-order valence-electron chi connectivity index (χ1n) is 5.77. The molecule has 94 valence electrons. The first-order valence-corrected chi connectivity index (χ1v) is 5.77. The molecule has 3 rings (SSSR count). The standard InChI is InChI=1S/C12H12F2N4/c1-7-16-12-15-5-4-11(18(12)17-7)9-3-2-8(13)6-10(9)14/h2-3,6,11H,4-5H2,1H3,(H,15,16,17). The third kappa shape index (κ3) is 1.73. The van der Waals surface area contributed by atoms with Gasteiger partial charge in [0, 0.05) is 18.2 Å². The van der Waals surface area contributed by atoms with Gasteiger partial charge in [0.05, 0.1) is 6.04 Å². The van der Waals surface area contributed by atoms with Gasteiger partial charge in [-0.05, 0) is 19.4 Å². The van der Waals surface area contributed by atoms with Crippen molar-refractivity contribution in [1.29, 1.82) is 0 Å². The molecule has 0 aliphatic carbocycles. The van der Waals surface area contributed by atoms with Gasteiger partial charge in [0.25, 0.3) is 0 Å². The second-order valence-electron chi connectivity index (χ2n) is 4.32. The third-order valence-corrected chi connectivity index (χ3v) is 3.05. The van der Waals surface area contributed by atoms with Gasteiger partial charge in [-0.3, -0.25) is 0 Å². The summed E-state index contributed by atoms with van der Waals surface area (Å²) in [6.45, 7) is 2.48. The van der Waals surface area contributed by atoms with Crippen molar-refractivity contribution in [3.63, 3.8) is 0 Å². The molecule has 2 aromatic rings. The number of hydrogen-bond acceptors (Lipinski definition) is 3. The molecule has 6 heteroatoms. The predicted molar refractivity (Wildman–Crippen MR) is 62.4 cm³/mol. The molecule has 1 aliphatic rings. The lowest BCUT2D eigenvalue weighted by Gasteiger charge is -2.25. The predicted octanol–water partition coefficient (Wildman–Crippen LogP) is 2.27. The number of nitrogens with one attached hydrogen (secondary N) is 1. The fraction of sp³-hybridized carbons (Fsp3) is 0.333. The van der Waals surface area contributed by atoms with Crippen LogP contribution in [0.2, 0.25) is 0 Å². The molecular formula is C12H12F2N4. The lowest BCUT2D eigenvalue weighted by molar-refractivity contribution is 0.453. The molecule has 0 bridgehead atoms. The summed E-state index contributed by atoms with van der Waals surface area (Å²) in [5.74, 6) is 0.153. The summed E-state index contributed by atoms with van der Waals surface area (Å²) >= 11 is 0. The van der Waals surface area contributed by atoms with Crippen molar-refractivity contribution in [3.8, 4) is 0 Å². The number of hydrogen-bond donors (Lipinski definition) is 1. The Hall–Kier alpha value is -1.98. The maximum atomic E-state index is 13.8. The fourth-order valence-corrected chi connectivity index (χ4v) is 2.27. The summed E-state index contributed by atoms with van der Waals surface area (Å²) in [6.07, 6.45) is 0.693. The van der Waals surface area contributed by atoms with Crippen LogP contribution < -0.4 is 5.32 Å². The van der Waals surface area contributed by atoms with E-state index in [1.54, 1.807) is 11.6 Å². The number of nitrogens with zero attached hydrogens (tertiary/aromatic N) is 3. The van der Waals surface area contributed by atoms with E-state index >= 15 is 0 Å². The van der Waals surface area contributed by atoms with Gasteiger partial charge in [-0.1, -0.05) is 6.07 Å². The van der Waals surface area contributed by atoms with E-state index in [1.165, 1.54) is 12.1 Å². The smallest absolute Gasteiger partial charge is 0.221 e. The van der Waals surface area contributed by atoms with Gasteiger partial charge < -0.3 is 5.32 Å². The molecular weight excluding hydrogens is 238 g/mol. The van der Waals surface area contributed by atoms with E-state index < -0.39 is 11.6 Å². The third-order valence-electron chi connectivity index (χ3n) is 3.05. The van der Waals surface area contributed by atoms with Crippen molar-refractivity contribution < 1.29 is 8.78 Å². The Morgan fingerprint density at radius 3 is 3.00 bits per heavy atom. The molecule has 1 aromatic carbocycles. The average Bonchev–Trinajstić information content (AvgIpc) is 2.69. The van der Waals surface area contributed by atoms with E-state index in [-0.39, 0.29) is 6.04 Å². The van der Waals surface area contributed by atoms with E-state index in [0.29, 0.717) is 30.3 Å². The van der Waals surface area contributed by atoms with Gasteiger partial charge in [0.1, 0.15) is 17.5 Å². The summed E-state index contributed by atoms with van der Waals surface area (Å²) in [4.78, 5) is 4.22. The van der Waals surface area contributed by atoms with Crippen molar-refractivity contribution in [2.75, 3.05) is 11.9 Å². The molecule has 0 radical (unpaired) electrons. The minimum Gasteiger partial charge on any atom is -0.354 e. The molecule has 0 fully saturated rings. The van der Waals surface area contributed by atoms with E-state index in [2.05, 4.69) is 15.4 Å². The average molecular weight is 250 g/mol. The normalized spacial score (nSPS) is 18.3. The molecule has 1 atom stereocenters. The highest BCUT2D eigenvalue weighted by Crippen LogP contribution is 2.30. The summed E-state index contributed by atoms with van der Waals surface area (Å²) in [5.41, 5.74) is 0.448. The minimum absolute atomic E-state index is 0.233. The lowest BCUT2D eigenvalue weighted by atomic mass is 10.0. The van der Waals surface area contributed by atoms with Crippen LogP contribution in [0, 0.1) is 18.6 Å². The molecule has 1 aliphatic heterocycles. The van der Waals surface area contributed by atoms with Crippen molar-refractivity contribution >= 4 is 5.95 Å². The number of anilines is 1. The zero-order chi connectivity index (χ0) is 12.7. The maximum Gasteiger partial charge on any atom is 0.221 e. The van der Waals surface area contributed by atoms with Crippen LogP contribution in [-0.2, 0) is 0 Å². The first-order chi connectivity index (χ1) is 8.65. The van der Waals surface area contributed by atoms with E-state index in [1.807, 2.05) is 0 Å². The van der Waals surface area contributed by atoms with Gasteiger partial charge in [-0.25, -0.2) is 13.5 Å². The highest BCUT2D eigenvalue weighted by Gasteiger charge is 2.25. The van der Waals surface area contributed by atoms with Gasteiger partial charge >= 0.3 is 0 Å². The van der Waals surface area contributed by atoms with Crippen LogP contribution in [0.1, 0.15) is 23.9 Å². The van der Waals surface area contributed by atoms with Crippen LogP contribution in [0.25, 0.3) is 0 Å². The quantitative estimate of drug-likeness (QED) is 0.844. The Bertz CT molecular complexity index is 594. The van der Waals surface area contributed by atoms with E-state index in [0.717, 1.165) is 6.07 Å². The SMILES string of the molecule is Cc1nc2n(n1)C(c1ccc(F)cc1F)CCN2. The summed E-state index contributed by atoms with van der Waals surface area (Å²) in [5, 5.41) is 7.36. The summed E-state index contributed by atoms with van der Waals surface area (Å²) in [6, 6.07) is 3.41. The van der Waals surface area contributed by atoms with Gasteiger partial charge in [0.15, 0.2) is 0 Å². The molecule has 0 saturated carbocycles. The number of aromatic nitrogens is 3. The van der Waals surface area contributed by atoms with Crippen molar-refractivity contribution in [3.05, 3.63) is 41.2 Å². The molecule has 1 aromatic heterocycles. The van der Waals surface area contributed by atoms with Crippen LogP contribution in [0.15, 0.2) is 18.2 Å². The van der Waals surface area contributed by atoms with Crippen molar-refractivity contribution in [2.45, 2.75) is 19.4 Å². The molecule has 0 saturated heterocycles.